The highest BCUT2D eigenvalue weighted by molar-refractivity contribution is 6.30. The van der Waals surface area contributed by atoms with E-state index in [0.29, 0.717) is 42.8 Å². The molecule has 2 amide bonds. The van der Waals surface area contributed by atoms with E-state index in [1.807, 2.05) is 91.2 Å². The van der Waals surface area contributed by atoms with Gasteiger partial charge in [-0.25, -0.2) is 0 Å². The van der Waals surface area contributed by atoms with Crippen LogP contribution in [0.2, 0.25) is 5.02 Å². The topological polar surface area (TPSA) is 88.5 Å². The highest BCUT2D eigenvalue weighted by Gasteiger charge is 2.71. The number of nitrogens with zero attached hydrogens (tertiary/aromatic N) is 2. The molecular weight excluding hydrogens is 592 g/mol. The second kappa shape index (κ2) is 11.0. The van der Waals surface area contributed by atoms with Gasteiger partial charge in [0.15, 0.2) is 11.5 Å². The lowest BCUT2D eigenvalue weighted by Gasteiger charge is -2.58. The molecule has 236 valence electrons. The zero-order valence-corrected chi connectivity index (χ0v) is 26.8. The lowest BCUT2D eigenvalue weighted by atomic mass is 9.45. The third-order valence-corrected chi connectivity index (χ3v) is 10.9. The minimum Gasteiger partial charge on any atom is -0.493 e. The number of methoxy groups -OCH3 is 1. The molecule has 3 aromatic rings. The predicted octanol–water partition coefficient (Wildman–Crippen LogP) is 5.37. The van der Waals surface area contributed by atoms with Crippen LogP contribution in [-0.2, 0) is 26.3 Å². The number of aliphatic hydroxyl groups is 1. The van der Waals surface area contributed by atoms with Crippen molar-refractivity contribution in [3.05, 3.63) is 87.9 Å². The molecule has 5 unspecified atom stereocenters. The standard InChI is InChI=1S/C36H39ClN2O6/c1-21(2)45-31-15-27-23(13-30(31)43-4)14-32(41)39(34(27)22-5-9-25(37)10-6-22)26-11-7-24(8-12-26)35(3,42)33-28-16-38(20-40)18-36(28)19-44-17-29(33)36/h5-13,15,20-21,28-29,33-34,42H,14,16-19H2,1-4H3/t28?,29?,33?,34-,35?,36?/m0/s1. The Morgan fingerprint density at radius 2 is 1.82 bits per heavy atom. The van der Waals surface area contributed by atoms with Crippen molar-refractivity contribution in [1.82, 2.24) is 4.90 Å². The number of halogens is 1. The summed E-state index contributed by atoms with van der Waals surface area (Å²) in [6, 6.07) is 18.8. The highest BCUT2D eigenvalue weighted by Crippen LogP contribution is 2.67. The molecule has 3 fully saturated rings. The molecule has 1 aliphatic carbocycles. The predicted molar refractivity (Wildman–Crippen MR) is 171 cm³/mol. The number of anilines is 1. The Morgan fingerprint density at radius 3 is 2.49 bits per heavy atom. The summed E-state index contributed by atoms with van der Waals surface area (Å²) < 4.78 is 17.7. The molecular formula is C36H39ClN2O6. The van der Waals surface area contributed by atoms with E-state index in [1.165, 1.54) is 0 Å². The summed E-state index contributed by atoms with van der Waals surface area (Å²) in [6.07, 6.45) is 1.06. The van der Waals surface area contributed by atoms with Gasteiger partial charge in [0.25, 0.3) is 0 Å². The monoisotopic (exact) mass is 630 g/mol. The van der Waals surface area contributed by atoms with Crippen LogP contribution in [0.4, 0.5) is 5.69 Å². The van der Waals surface area contributed by atoms with Gasteiger partial charge in [-0.3, -0.25) is 9.59 Å². The molecule has 3 aromatic carbocycles. The quantitative estimate of drug-likeness (QED) is 0.337. The Morgan fingerprint density at radius 1 is 1.09 bits per heavy atom. The minimum atomic E-state index is -1.13. The van der Waals surface area contributed by atoms with Crippen LogP contribution in [0.1, 0.15) is 49.1 Å². The molecule has 3 aliphatic heterocycles. The van der Waals surface area contributed by atoms with Gasteiger partial charge in [0.2, 0.25) is 12.3 Å². The van der Waals surface area contributed by atoms with E-state index in [-0.39, 0.29) is 41.6 Å². The van der Waals surface area contributed by atoms with Gasteiger partial charge in [-0.1, -0.05) is 35.9 Å². The number of amides is 2. The minimum absolute atomic E-state index is 0.0320. The van der Waals surface area contributed by atoms with Crippen LogP contribution in [0.15, 0.2) is 60.7 Å². The van der Waals surface area contributed by atoms with Crippen molar-refractivity contribution in [2.24, 2.45) is 23.2 Å². The summed E-state index contributed by atoms with van der Waals surface area (Å²) >= 11 is 6.27. The first-order valence-electron chi connectivity index (χ1n) is 15.6. The van der Waals surface area contributed by atoms with Crippen molar-refractivity contribution in [2.75, 3.05) is 38.3 Å². The van der Waals surface area contributed by atoms with E-state index in [4.69, 9.17) is 25.8 Å². The number of hydrogen-bond donors (Lipinski definition) is 1. The maximum atomic E-state index is 14.0. The van der Waals surface area contributed by atoms with Gasteiger partial charge in [0, 0.05) is 35.1 Å². The summed E-state index contributed by atoms with van der Waals surface area (Å²) in [4.78, 5) is 29.3. The first kappa shape index (κ1) is 30.1. The van der Waals surface area contributed by atoms with Crippen molar-refractivity contribution in [3.63, 3.8) is 0 Å². The largest absolute Gasteiger partial charge is 0.493 e. The van der Waals surface area contributed by atoms with Crippen LogP contribution in [0.3, 0.4) is 0 Å². The molecule has 0 aromatic heterocycles. The molecule has 3 heterocycles. The molecule has 1 N–H and O–H groups in total. The molecule has 0 bridgehead atoms. The number of benzene rings is 3. The fourth-order valence-electron chi connectivity index (χ4n) is 8.63. The Hall–Kier alpha value is -3.59. The van der Waals surface area contributed by atoms with E-state index in [1.54, 1.807) is 7.11 Å². The van der Waals surface area contributed by atoms with Gasteiger partial charge in [-0.05, 0) is 91.3 Å². The van der Waals surface area contributed by atoms with Crippen LogP contribution in [0, 0.1) is 23.2 Å². The van der Waals surface area contributed by atoms with Crippen molar-refractivity contribution in [1.29, 1.82) is 0 Å². The lowest BCUT2D eigenvalue weighted by molar-refractivity contribution is -0.165. The second-order valence-corrected chi connectivity index (χ2v) is 13.9. The van der Waals surface area contributed by atoms with Crippen LogP contribution < -0.4 is 14.4 Å². The van der Waals surface area contributed by atoms with Crippen LogP contribution in [-0.4, -0.2) is 61.8 Å². The number of hydrogen-bond acceptors (Lipinski definition) is 6. The number of carbonyl (C=O) groups excluding carboxylic acids is 2. The normalized spacial score (nSPS) is 28.2. The van der Waals surface area contributed by atoms with Crippen LogP contribution in [0.25, 0.3) is 0 Å². The van der Waals surface area contributed by atoms with Gasteiger partial charge < -0.3 is 29.1 Å². The molecule has 4 aliphatic rings. The zero-order valence-electron chi connectivity index (χ0n) is 26.0. The molecule has 7 rings (SSSR count). The molecule has 1 saturated carbocycles. The van der Waals surface area contributed by atoms with Crippen molar-refractivity contribution in [2.45, 2.75) is 44.9 Å². The van der Waals surface area contributed by atoms with Gasteiger partial charge in [-0.2, -0.15) is 0 Å². The van der Waals surface area contributed by atoms with Gasteiger partial charge in [-0.15, -0.1) is 0 Å². The van der Waals surface area contributed by atoms with Gasteiger partial charge in [0.1, 0.15) is 0 Å². The Labute approximate surface area is 268 Å². The number of carbonyl (C=O) groups is 2. The smallest absolute Gasteiger partial charge is 0.232 e. The Bertz CT molecular complexity index is 1620. The van der Waals surface area contributed by atoms with E-state index < -0.39 is 11.6 Å². The van der Waals surface area contributed by atoms with E-state index in [0.717, 1.165) is 34.4 Å². The maximum Gasteiger partial charge on any atom is 0.232 e. The third kappa shape index (κ3) is 4.72. The van der Waals surface area contributed by atoms with Crippen LogP contribution >= 0.6 is 11.6 Å². The fraction of sp³-hybridized carbons (Fsp3) is 0.444. The summed E-state index contributed by atoms with van der Waals surface area (Å²) in [7, 11) is 1.60. The SMILES string of the molecule is COc1cc2c(cc1OC(C)C)[C@H](c1ccc(Cl)cc1)N(c1ccc(C(C)(O)C3C4COCC45CN(C=O)CC35)cc1)C(=O)C2. The van der Waals surface area contributed by atoms with Crippen molar-refractivity contribution >= 4 is 29.6 Å². The molecule has 6 atom stereocenters. The third-order valence-electron chi connectivity index (χ3n) is 10.6. The molecule has 45 heavy (non-hydrogen) atoms. The Kier molecular flexibility index (Phi) is 7.38. The average Bonchev–Trinajstić information content (AvgIpc) is 3.52. The molecule has 8 nitrogen and oxygen atoms in total. The fourth-order valence-corrected chi connectivity index (χ4v) is 8.75. The van der Waals surface area contributed by atoms with E-state index >= 15 is 0 Å². The van der Waals surface area contributed by atoms with E-state index in [2.05, 4.69) is 0 Å². The highest BCUT2D eigenvalue weighted by atomic mass is 35.5. The summed E-state index contributed by atoms with van der Waals surface area (Å²) in [5, 5.41) is 12.7. The molecule has 2 saturated heterocycles. The number of rotatable bonds is 8. The van der Waals surface area contributed by atoms with Gasteiger partial charge in [0.05, 0.1) is 44.5 Å². The zero-order chi connectivity index (χ0) is 31.7. The summed E-state index contributed by atoms with van der Waals surface area (Å²) in [5.41, 5.74) is 3.08. The average molecular weight is 631 g/mol. The summed E-state index contributed by atoms with van der Waals surface area (Å²) in [5.74, 6) is 1.51. The molecule has 0 radical (unpaired) electrons. The van der Waals surface area contributed by atoms with Gasteiger partial charge >= 0.3 is 0 Å². The number of fused-ring (bicyclic) bond motifs is 1. The van der Waals surface area contributed by atoms with E-state index in [9.17, 15) is 14.7 Å². The summed E-state index contributed by atoms with van der Waals surface area (Å²) in [6.45, 7) is 8.38. The first-order valence-corrected chi connectivity index (χ1v) is 16.0. The lowest BCUT2D eigenvalue weighted by Crippen LogP contribution is -2.62. The molecule has 9 heteroatoms. The maximum absolute atomic E-state index is 14.0. The van der Waals surface area contributed by atoms with Crippen molar-refractivity contribution in [3.8, 4) is 11.5 Å². The first-order chi connectivity index (χ1) is 21.6. The van der Waals surface area contributed by atoms with Crippen LogP contribution in [0.5, 0.6) is 11.5 Å². The number of ether oxygens (including phenoxy) is 3. The molecule has 1 spiro atoms. The van der Waals surface area contributed by atoms with Crippen molar-refractivity contribution < 1.29 is 28.9 Å². The Balaban J connectivity index is 1.25. The number of likely N-dealkylation sites (tertiary alicyclic amines) is 1. The second-order valence-electron chi connectivity index (χ2n) is 13.5.